The SMILES string of the molecule is O=S(=O)(c1ccc(F)cc1)c1nc(-c2ccccc2)oc1NCCCn1ccnc1. The van der Waals surface area contributed by atoms with Gasteiger partial charge in [0.25, 0.3) is 0 Å². The van der Waals surface area contributed by atoms with Gasteiger partial charge in [0.1, 0.15) is 5.82 Å². The average molecular weight is 426 g/mol. The highest BCUT2D eigenvalue weighted by Gasteiger charge is 2.28. The number of oxazole rings is 1. The third kappa shape index (κ3) is 4.25. The number of nitrogens with one attached hydrogen (secondary N) is 1. The summed E-state index contributed by atoms with van der Waals surface area (Å²) in [5.41, 5.74) is 0.652. The van der Waals surface area contributed by atoms with Gasteiger partial charge in [0.15, 0.2) is 0 Å². The van der Waals surface area contributed by atoms with Crippen LogP contribution in [0.1, 0.15) is 6.42 Å². The van der Waals surface area contributed by atoms with Gasteiger partial charge >= 0.3 is 0 Å². The van der Waals surface area contributed by atoms with Gasteiger partial charge in [0, 0.05) is 31.0 Å². The van der Waals surface area contributed by atoms with Gasteiger partial charge in [-0.25, -0.2) is 17.8 Å². The number of anilines is 1. The van der Waals surface area contributed by atoms with Crippen LogP contribution in [-0.2, 0) is 16.4 Å². The maximum Gasteiger partial charge on any atom is 0.233 e. The predicted molar refractivity (Wildman–Crippen MR) is 109 cm³/mol. The fourth-order valence-electron chi connectivity index (χ4n) is 2.91. The standard InChI is InChI=1S/C21H19FN4O3S/c22-17-7-9-18(10-8-17)30(27,28)21-20(24-11-4-13-26-14-12-23-15-26)29-19(25-21)16-5-2-1-3-6-16/h1-3,5-10,12,14-15,24H,4,11,13H2. The van der Waals surface area contributed by atoms with E-state index in [0.29, 0.717) is 25.1 Å². The number of halogens is 1. The number of hydrogen-bond acceptors (Lipinski definition) is 6. The minimum Gasteiger partial charge on any atom is -0.419 e. The van der Waals surface area contributed by atoms with Crippen molar-refractivity contribution in [3.63, 3.8) is 0 Å². The van der Waals surface area contributed by atoms with E-state index in [2.05, 4.69) is 15.3 Å². The van der Waals surface area contributed by atoms with Crippen molar-refractivity contribution in [2.45, 2.75) is 22.9 Å². The Hall–Kier alpha value is -3.46. The lowest BCUT2D eigenvalue weighted by molar-refractivity contribution is 0.571. The number of hydrogen-bond donors (Lipinski definition) is 1. The monoisotopic (exact) mass is 426 g/mol. The van der Waals surface area contributed by atoms with Crippen molar-refractivity contribution in [3.05, 3.63) is 79.1 Å². The zero-order chi connectivity index (χ0) is 21.0. The molecule has 1 N–H and O–H groups in total. The second kappa shape index (κ2) is 8.50. The number of aromatic nitrogens is 3. The lowest BCUT2D eigenvalue weighted by Crippen LogP contribution is -2.10. The van der Waals surface area contributed by atoms with E-state index in [-0.39, 0.29) is 21.7 Å². The van der Waals surface area contributed by atoms with Crippen LogP contribution in [0, 0.1) is 5.82 Å². The highest BCUT2D eigenvalue weighted by molar-refractivity contribution is 7.91. The minimum absolute atomic E-state index is 0.0572. The molecule has 0 aliphatic rings. The maximum atomic E-state index is 13.3. The quantitative estimate of drug-likeness (QED) is 0.338. The molecule has 2 aromatic heterocycles. The van der Waals surface area contributed by atoms with Crippen LogP contribution < -0.4 is 5.32 Å². The fraction of sp³-hybridized carbons (Fsp3) is 0.143. The van der Waals surface area contributed by atoms with Crippen molar-refractivity contribution in [3.8, 4) is 11.5 Å². The zero-order valence-electron chi connectivity index (χ0n) is 15.9. The molecule has 0 spiro atoms. The molecular formula is C21H19FN4O3S. The zero-order valence-corrected chi connectivity index (χ0v) is 16.7. The van der Waals surface area contributed by atoms with Crippen LogP contribution in [0.25, 0.3) is 11.5 Å². The van der Waals surface area contributed by atoms with Crippen molar-refractivity contribution in [2.75, 3.05) is 11.9 Å². The molecule has 0 saturated heterocycles. The first-order valence-electron chi connectivity index (χ1n) is 9.30. The Bertz CT molecular complexity index is 1210. The van der Waals surface area contributed by atoms with Gasteiger partial charge in [-0.15, -0.1) is 0 Å². The summed E-state index contributed by atoms with van der Waals surface area (Å²) < 4.78 is 47.2. The molecule has 4 rings (SSSR count). The maximum absolute atomic E-state index is 13.3. The number of aryl methyl sites for hydroxylation is 1. The molecule has 30 heavy (non-hydrogen) atoms. The van der Waals surface area contributed by atoms with E-state index in [0.717, 1.165) is 12.1 Å². The first-order chi connectivity index (χ1) is 14.5. The van der Waals surface area contributed by atoms with Crippen LogP contribution >= 0.6 is 0 Å². The normalized spacial score (nSPS) is 11.5. The van der Waals surface area contributed by atoms with E-state index in [1.807, 2.05) is 29.0 Å². The molecule has 4 aromatic rings. The van der Waals surface area contributed by atoms with Crippen LogP contribution in [-0.4, -0.2) is 29.5 Å². The lowest BCUT2D eigenvalue weighted by atomic mass is 10.2. The first kappa shape index (κ1) is 19.8. The van der Waals surface area contributed by atoms with Crippen LogP contribution in [0.3, 0.4) is 0 Å². The van der Waals surface area contributed by atoms with Crippen LogP contribution in [0.5, 0.6) is 0 Å². The molecule has 2 aromatic carbocycles. The molecule has 0 fully saturated rings. The Morgan fingerprint density at radius 3 is 2.53 bits per heavy atom. The van der Waals surface area contributed by atoms with Gasteiger partial charge < -0.3 is 14.3 Å². The molecule has 0 amide bonds. The summed E-state index contributed by atoms with van der Waals surface area (Å²) in [6, 6.07) is 13.7. The Labute approximate surface area is 173 Å². The molecule has 0 bridgehead atoms. The summed E-state index contributed by atoms with van der Waals surface area (Å²) in [6.07, 6.45) is 5.98. The van der Waals surface area contributed by atoms with Gasteiger partial charge in [-0.1, -0.05) is 18.2 Å². The number of imidazole rings is 1. The first-order valence-corrected chi connectivity index (χ1v) is 10.8. The summed E-state index contributed by atoms with van der Waals surface area (Å²) in [5.74, 6) is -0.269. The predicted octanol–water partition coefficient (Wildman–Crippen LogP) is 4.01. The molecule has 9 heteroatoms. The van der Waals surface area contributed by atoms with Crippen molar-refractivity contribution < 1.29 is 17.2 Å². The average Bonchev–Trinajstić information content (AvgIpc) is 3.42. The number of nitrogens with zero attached hydrogens (tertiary/aromatic N) is 3. The van der Waals surface area contributed by atoms with Crippen LogP contribution in [0.15, 0.2) is 87.7 Å². The highest BCUT2D eigenvalue weighted by Crippen LogP contribution is 2.32. The fourth-order valence-corrected chi connectivity index (χ4v) is 4.19. The molecule has 154 valence electrons. The summed E-state index contributed by atoms with van der Waals surface area (Å²) in [4.78, 5) is 8.19. The summed E-state index contributed by atoms with van der Waals surface area (Å²) in [5, 5.41) is 2.81. The van der Waals surface area contributed by atoms with E-state index in [9.17, 15) is 12.8 Å². The summed E-state index contributed by atoms with van der Waals surface area (Å²) in [7, 11) is -4.00. The molecule has 0 saturated carbocycles. The topological polar surface area (TPSA) is 90.0 Å². The van der Waals surface area contributed by atoms with Gasteiger partial charge in [-0.2, -0.15) is 4.98 Å². The molecular weight excluding hydrogens is 407 g/mol. The van der Waals surface area contributed by atoms with Crippen molar-refractivity contribution in [2.24, 2.45) is 0 Å². The molecule has 0 unspecified atom stereocenters. The second-order valence-corrected chi connectivity index (χ2v) is 8.42. The Balaban J connectivity index is 1.63. The van der Waals surface area contributed by atoms with E-state index < -0.39 is 15.7 Å². The third-order valence-corrected chi connectivity index (χ3v) is 6.11. The van der Waals surface area contributed by atoms with Crippen molar-refractivity contribution >= 4 is 15.7 Å². The van der Waals surface area contributed by atoms with Gasteiger partial charge in [-0.05, 0) is 42.8 Å². The van der Waals surface area contributed by atoms with Crippen LogP contribution in [0.2, 0.25) is 0 Å². The molecule has 0 radical (unpaired) electrons. The molecule has 0 aliphatic carbocycles. The highest BCUT2D eigenvalue weighted by atomic mass is 32.2. The Morgan fingerprint density at radius 2 is 1.83 bits per heavy atom. The van der Waals surface area contributed by atoms with Gasteiger partial charge in [0.05, 0.1) is 11.2 Å². The van der Waals surface area contributed by atoms with E-state index in [1.165, 1.54) is 12.1 Å². The number of sulfone groups is 1. The number of benzene rings is 2. The van der Waals surface area contributed by atoms with E-state index in [1.54, 1.807) is 24.7 Å². The third-order valence-electron chi connectivity index (χ3n) is 4.43. The molecule has 7 nitrogen and oxygen atoms in total. The van der Waals surface area contributed by atoms with E-state index in [4.69, 9.17) is 4.42 Å². The molecule has 0 atom stereocenters. The summed E-state index contributed by atoms with van der Waals surface area (Å²) in [6.45, 7) is 1.18. The lowest BCUT2D eigenvalue weighted by Gasteiger charge is -2.06. The van der Waals surface area contributed by atoms with E-state index >= 15 is 0 Å². The largest absolute Gasteiger partial charge is 0.419 e. The van der Waals surface area contributed by atoms with Gasteiger partial charge in [0.2, 0.25) is 26.6 Å². The molecule has 0 aliphatic heterocycles. The smallest absolute Gasteiger partial charge is 0.233 e. The van der Waals surface area contributed by atoms with Crippen LogP contribution in [0.4, 0.5) is 10.3 Å². The minimum atomic E-state index is -4.00. The van der Waals surface area contributed by atoms with Crippen molar-refractivity contribution in [1.29, 1.82) is 0 Å². The summed E-state index contributed by atoms with van der Waals surface area (Å²) >= 11 is 0. The molecule has 2 heterocycles. The van der Waals surface area contributed by atoms with Gasteiger partial charge in [-0.3, -0.25) is 0 Å². The van der Waals surface area contributed by atoms with Crippen molar-refractivity contribution in [1.82, 2.24) is 14.5 Å². The Kier molecular flexibility index (Phi) is 5.62. The Morgan fingerprint density at radius 1 is 1.07 bits per heavy atom. The second-order valence-electron chi connectivity index (χ2n) is 6.56. The number of rotatable bonds is 8.